The van der Waals surface area contributed by atoms with E-state index in [0.29, 0.717) is 17.0 Å². The highest BCUT2D eigenvalue weighted by Crippen LogP contribution is 2.25. The van der Waals surface area contributed by atoms with Gasteiger partial charge in [0.1, 0.15) is 0 Å². The van der Waals surface area contributed by atoms with Crippen LogP contribution in [0.2, 0.25) is 5.02 Å². The van der Waals surface area contributed by atoms with Crippen LogP contribution in [-0.2, 0) is 16.6 Å². The molecule has 19 heavy (non-hydrogen) atoms. The molecule has 1 N–H and O–H groups in total. The molecule has 1 aliphatic rings. The molecule has 0 heterocycles. The second kappa shape index (κ2) is 7.41. The number of halogens is 1. The molecule has 2 rings (SSSR count). The van der Waals surface area contributed by atoms with Crippen molar-refractivity contribution in [2.24, 2.45) is 0 Å². The molecule has 1 saturated carbocycles. The van der Waals surface area contributed by atoms with Crippen molar-refractivity contribution in [2.75, 3.05) is 6.54 Å². The molecular weight excluding hydrogens is 278 g/mol. The minimum atomic E-state index is -0.762. The van der Waals surface area contributed by atoms with Gasteiger partial charge < -0.3 is 5.32 Å². The van der Waals surface area contributed by atoms with E-state index in [9.17, 15) is 4.21 Å². The molecule has 0 radical (unpaired) electrons. The summed E-state index contributed by atoms with van der Waals surface area (Å²) in [6.45, 7) is 3.25. The summed E-state index contributed by atoms with van der Waals surface area (Å²) in [4.78, 5) is 0. The summed E-state index contributed by atoms with van der Waals surface area (Å²) in [5.74, 6) is 0.655. The summed E-state index contributed by atoms with van der Waals surface area (Å²) in [5, 5.41) is 4.62. The van der Waals surface area contributed by atoms with Crippen LogP contribution in [0.25, 0.3) is 0 Å². The van der Waals surface area contributed by atoms with Crippen molar-refractivity contribution in [1.82, 2.24) is 5.32 Å². The van der Waals surface area contributed by atoms with Gasteiger partial charge in [-0.15, -0.1) is 0 Å². The van der Waals surface area contributed by atoms with Crippen LogP contribution in [-0.4, -0.2) is 22.0 Å². The zero-order valence-corrected chi connectivity index (χ0v) is 13.0. The van der Waals surface area contributed by atoms with E-state index in [4.69, 9.17) is 11.6 Å². The van der Waals surface area contributed by atoms with Crippen LogP contribution >= 0.6 is 11.6 Å². The summed E-state index contributed by atoms with van der Waals surface area (Å²) in [7, 11) is -0.762. The minimum absolute atomic E-state index is 0.352. The molecule has 3 atom stereocenters. The van der Waals surface area contributed by atoms with E-state index in [1.54, 1.807) is 0 Å². The van der Waals surface area contributed by atoms with Crippen molar-refractivity contribution in [2.45, 2.75) is 49.7 Å². The molecule has 0 aliphatic heterocycles. The highest BCUT2D eigenvalue weighted by Gasteiger charge is 2.28. The molecule has 0 saturated heterocycles. The molecule has 0 aromatic heterocycles. The molecule has 3 unspecified atom stereocenters. The second-order valence-electron chi connectivity index (χ2n) is 5.24. The van der Waals surface area contributed by atoms with Gasteiger partial charge in [0.25, 0.3) is 0 Å². The maximum Gasteiger partial charge on any atom is 0.0488 e. The molecule has 0 bridgehead atoms. The van der Waals surface area contributed by atoms with Crippen LogP contribution < -0.4 is 5.32 Å². The lowest BCUT2D eigenvalue weighted by atomic mass is 10.2. The Hall–Kier alpha value is -0.380. The normalized spacial score (nSPS) is 24.5. The fourth-order valence-corrected chi connectivity index (χ4v) is 4.30. The molecule has 1 aromatic rings. The Labute approximate surface area is 123 Å². The molecule has 4 heteroatoms. The first kappa shape index (κ1) is 15.0. The Morgan fingerprint density at radius 2 is 2.05 bits per heavy atom. The second-order valence-corrected chi connectivity index (χ2v) is 7.39. The molecule has 1 aromatic carbocycles. The van der Waals surface area contributed by atoms with Crippen LogP contribution in [0.3, 0.4) is 0 Å². The zero-order chi connectivity index (χ0) is 13.7. The van der Waals surface area contributed by atoms with Crippen LogP contribution in [0, 0.1) is 0 Å². The lowest BCUT2D eigenvalue weighted by Crippen LogP contribution is -2.28. The molecule has 0 spiro atoms. The Balaban J connectivity index is 1.82. The van der Waals surface area contributed by atoms with Crippen molar-refractivity contribution in [3.8, 4) is 0 Å². The third-order valence-electron chi connectivity index (χ3n) is 3.66. The minimum Gasteiger partial charge on any atom is -0.314 e. The van der Waals surface area contributed by atoms with Crippen molar-refractivity contribution in [1.29, 1.82) is 0 Å². The van der Waals surface area contributed by atoms with Crippen molar-refractivity contribution in [3.63, 3.8) is 0 Å². The number of hydrogen-bond acceptors (Lipinski definition) is 2. The quantitative estimate of drug-likeness (QED) is 0.871. The van der Waals surface area contributed by atoms with E-state index < -0.39 is 10.8 Å². The molecule has 0 amide bonds. The maximum absolute atomic E-state index is 12.4. The van der Waals surface area contributed by atoms with Crippen molar-refractivity contribution >= 4 is 22.4 Å². The maximum atomic E-state index is 12.4. The van der Waals surface area contributed by atoms with Gasteiger partial charge in [-0.05, 0) is 49.9 Å². The smallest absolute Gasteiger partial charge is 0.0488 e. The Kier molecular flexibility index (Phi) is 5.86. The SMILES string of the molecule is CCCNC1CCC(S(=O)Cc2ccc(Cl)cc2)C1. The van der Waals surface area contributed by atoms with Crippen LogP contribution in [0.5, 0.6) is 0 Å². The largest absolute Gasteiger partial charge is 0.314 e. The highest BCUT2D eigenvalue weighted by atomic mass is 35.5. The van der Waals surface area contributed by atoms with Crippen LogP contribution in [0.4, 0.5) is 0 Å². The number of benzene rings is 1. The van der Waals surface area contributed by atoms with Crippen LogP contribution in [0.1, 0.15) is 38.2 Å². The fourth-order valence-electron chi connectivity index (χ4n) is 2.58. The molecular formula is C15H22ClNOS. The first-order chi connectivity index (χ1) is 9.19. The van der Waals surface area contributed by atoms with Gasteiger partial charge in [-0.1, -0.05) is 30.7 Å². The highest BCUT2D eigenvalue weighted by molar-refractivity contribution is 7.84. The standard InChI is InChI=1S/C15H22ClNOS/c1-2-9-17-14-7-8-15(10-14)19(18)11-12-3-5-13(16)6-4-12/h3-6,14-15,17H,2,7-11H2,1H3. The van der Waals surface area contributed by atoms with E-state index in [1.165, 1.54) is 0 Å². The summed E-state index contributed by atoms with van der Waals surface area (Å²) in [6.07, 6.45) is 4.47. The van der Waals surface area contributed by atoms with E-state index in [2.05, 4.69) is 12.2 Å². The van der Waals surface area contributed by atoms with Gasteiger partial charge in [-0.25, -0.2) is 0 Å². The molecule has 1 aliphatic carbocycles. The lowest BCUT2D eigenvalue weighted by Gasteiger charge is -2.12. The summed E-state index contributed by atoms with van der Waals surface area (Å²) < 4.78 is 12.4. The number of nitrogens with one attached hydrogen (secondary N) is 1. The first-order valence-corrected chi connectivity index (χ1v) is 8.80. The van der Waals surface area contributed by atoms with E-state index in [0.717, 1.165) is 42.8 Å². The first-order valence-electron chi connectivity index (χ1n) is 7.04. The third-order valence-corrected chi connectivity index (χ3v) is 5.70. The van der Waals surface area contributed by atoms with Gasteiger partial charge in [0.15, 0.2) is 0 Å². The average Bonchev–Trinajstić information content (AvgIpc) is 2.88. The zero-order valence-electron chi connectivity index (χ0n) is 11.4. The van der Waals surface area contributed by atoms with Gasteiger partial charge in [0, 0.05) is 32.9 Å². The number of hydrogen-bond donors (Lipinski definition) is 1. The number of rotatable bonds is 6. The van der Waals surface area contributed by atoms with Crippen molar-refractivity contribution < 1.29 is 4.21 Å². The van der Waals surface area contributed by atoms with Gasteiger partial charge in [0.2, 0.25) is 0 Å². The predicted octanol–water partition coefficient (Wildman–Crippen LogP) is 3.51. The van der Waals surface area contributed by atoms with E-state index in [1.807, 2.05) is 24.3 Å². The average molecular weight is 300 g/mol. The van der Waals surface area contributed by atoms with E-state index in [-0.39, 0.29) is 0 Å². The Bertz CT molecular complexity index is 421. The predicted molar refractivity (Wildman–Crippen MR) is 83.0 cm³/mol. The van der Waals surface area contributed by atoms with Crippen molar-refractivity contribution in [3.05, 3.63) is 34.9 Å². The summed E-state index contributed by atoms with van der Waals surface area (Å²) in [6, 6.07) is 8.26. The van der Waals surface area contributed by atoms with E-state index >= 15 is 0 Å². The van der Waals surface area contributed by atoms with Gasteiger partial charge >= 0.3 is 0 Å². The third kappa shape index (κ3) is 4.59. The fraction of sp³-hybridized carbons (Fsp3) is 0.600. The van der Waals surface area contributed by atoms with Gasteiger partial charge in [-0.2, -0.15) is 0 Å². The molecule has 2 nitrogen and oxygen atoms in total. The molecule has 106 valence electrons. The lowest BCUT2D eigenvalue weighted by molar-refractivity contribution is 0.523. The van der Waals surface area contributed by atoms with Gasteiger partial charge in [-0.3, -0.25) is 4.21 Å². The Morgan fingerprint density at radius 3 is 2.74 bits per heavy atom. The summed E-state index contributed by atoms with van der Waals surface area (Å²) in [5.41, 5.74) is 1.12. The topological polar surface area (TPSA) is 29.1 Å². The summed E-state index contributed by atoms with van der Waals surface area (Å²) >= 11 is 5.86. The van der Waals surface area contributed by atoms with Gasteiger partial charge in [0.05, 0.1) is 0 Å². The molecule has 1 fully saturated rings. The van der Waals surface area contributed by atoms with Crippen LogP contribution in [0.15, 0.2) is 24.3 Å². The monoisotopic (exact) mass is 299 g/mol. The Morgan fingerprint density at radius 1 is 1.32 bits per heavy atom.